The number of nitrogens with zero attached hydrogens (tertiary/aromatic N) is 2. The molecule has 108 valence electrons. The summed E-state index contributed by atoms with van der Waals surface area (Å²) in [6.07, 6.45) is 0. The van der Waals surface area contributed by atoms with Gasteiger partial charge in [0.25, 0.3) is 0 Å². The number of likely N-dealkylation sites (N-methyl/N-ethyl adjacent to an activating group) is 1. The van der Waals surface area contributed by atoms with E-state index in [2.05, 4.69) is 64.6 Å². The first-order valence-electron chi connectivity index (χ1n) is 7.41. The molecule has 0 unspecified atom stereocenters. The van der Waals surface area contributed by atoms with Gasteiger partial charge in [0.1, 0.15) is 0 Å². The second-order valence-corrected chi connectivity index (χ2v) is 6.78. The summed E-state index contributed by atoms with van der Waals surface area (Å²) < 4.78 is 0. The maximum absolute atomic E-state index is 3.57. The number of anilines is 3. The van der Waals surface area contributed by atoms with Gasteiger partial charge in [-0.15, -0.1) is 0 Å². The molecule has 0 atom stereocenters. The lowest BCUT2D eigenvalue weighted by Crippen LogP contribution is -2.44. The summed E-state index contributed by atoms with van der Waals surface area (Å²) in [4.78, 5) is 7.48. The predicted molar refractivity (Wildman–Crippen MR) is 90.0 cm³/mol. The molecule has 2 aliphatic heterocycles. The molecule has 0 radical (unpaired) electrons. The van der Waals surface area contributed by atoms with Crippen molar-refractivity contribution in [2.24, 2.45) is 0 Å². The van der Waals surface area contributed by atoms with Crippen LogP contribution in [-0.4, -0.2) is 38.1 Å². The summed E-state index contributed by atoms with van der Waals surface area (Å²) in [5.41, 5.74) is 3.77. The van der Waals surface area contributed by atoms with Crippen LogP contribution in [0.1, 0.15) is 0 Å². The summed E-state index contributed by atoms with van der Waals surface area (Å²) in [5, 5.41) is 3.57. The highest BCUT2D eigenvalue weighted by atomic mass is 32.2. The smallest absolute Gasteiger partial charge is 0.0547 e. The Bertz CT molecular complexity index is 663. The molecule has 1 fully saturated rings. The summed E-state index contributed by atoms with van der Waals surface area (Å²) >= 11 is 1.85. The predicted octanol–water partition coefficient (Wildman–Crippen LogP) is 3.65. The first-order valence-corrected chi connectivity index (χ1v) is 8.23. The van der Waals surface area contributed by atoms with Crippen LogP contribution in [0.15, 0.2) is 52.3 Å². The Labute approximate surface area is 129 Å². The van der Waals surface area contributed by atoms with E-state index in [1.807, 2.05) is 11.8 Å². The van der Waals surface area contributed by atoms with Crippen LogP contribution in [-0.2, 0) is 0 Å². The SMILES string of the molecule is CN1CCN(c2ccc3c(c2)Nc2ccccc2S3)CC1. The number of benzene rings is 2. The van der Waals surface area contributed by atoms with Crippen molar-refractivity contribution in [3.8, 4) is 0 Å². The molecule has 21 heavy (non-hydrogen) atoms. The fourth-order valence-corrected chi connectivity index (χ4v) is 3.86. The van der Waals surface area contributed by atoms with E-state index < -0.39 is 0 Å². The molecule has 2 aliphatic rings. The standard InChI is InChI=1S/C17H19N3S/c1-19-8-10-20(11-9-19)13-6-7-17-15(12-13)18-14-4-2-3-5-16(14)21-17/h2-7,12,18H,8-11H2,1H3. The van der Waals surface area contributed by atoms with Crippen molar-refractivity contribution >= 4 is 28.8 Å². The van der Waals surface area contributed by atoms with Gasteiger partial charge in [-0.05, 0) is 37.4 Å². The van der Waals surface area contributed by atoms with Gasteiger partial charge in [0.15, 0.2) is 0 Å². The lowest BCUT2D eigenvalue weighted by Gasteiger charge is -2.34. The number of fused-ring (bicyclic) bond motifs is 2. The van der Waals surface area contributed by atoms with E-state index in [9.17, 15) is 0 Å². The zero-order valence-electron chi connectivity index (χ0n) is 12.2. The van der Waals surface area contributed by atoms with Gasteiger partial charge in [0.2, 0.25) is 0 Å². The quantitative estimate of drug-likeness (QED) is 0.739. The largest absolute Gasteiger partial charge is 0.369 e. The molecule has 1 saturated heterocycles. The van der Waals surface area contributed by atoms with Crippen molar-refractivity contribution in [3.63, 3.8) is 0 Å². The third-order valence-corrected chi connectivity index (χ3v) is 5.36. The van der Waals surface area contributed by atoms with Crippen molar-refractivity contribution in [1.82, 2.24) is 4.90 Å². The second-order valence-electron chi connectivity index (χ2n) is 5.69. The van der Waals surface area contributed by atoms with Gasteiger partial charge < -0.3 is 15.1 Å². The normalized spacial score (nSPS) is 17.9. The molecule has 0 spiro atoms. The van der Waals surface area contributed by atoms with Crippen molar-refractivity contribution in [2.75, 3.05) is 43.4 Å². The van der Waals surface area contributed by atoms with E-state index in [1.54, 1.807) is 0 Å². The van der Waals surface area contributed by atoms with Crippen molar-refractivity contribution in [3.05, 3.63) is 42.5 Å². The van der Waals surface area contributed by atoms with Gasteiger partial charge in [-0.3, -0.25) is 0 Å². The third-order valence-electron chi connectivity index (χ3n) is 4.21. The fourth-order valence-electron chi connectivity index (χ4n) is 2.89. The monoisotopic (exact) mass is 297 g/mol. The Morgan fingerprint density at radius 2 is 1.67 bits per heavy atom. The highest BCUT2D eigenvalue weighted by Crippen LogP contribution is 2.45. The molecular weight excluding hydrogens is 278 g/mol. The Morgan fingerprint density at radius 3 is 2.52 bits per heavy atom. The molecule has 4 heteroatoms. The molecule has 2 heterocycles. The van der Waals surface area contributed by atoms with Crippen LogP contribution in [0.3, 0.4) is 0 Å². The maximum Gasteiger partial charge on any atom is 0.0547 e. The molecule has 0 amide bonds. The molecule has 4 rings (SSSR count). The number of rotatable bonds is 1. The Morgan fingerprint density at radius 1 is 0.905 bits per heavy atom. The van der Waals surface area contributed by atoms with E-state index in [-0.39, 0.29) is 0 Å². The molecule has 0 bridgehead atoms. The Kier molecular flexibility index (Phi) is 3.28. The number of hydrogen-bond acceptors (Lipinski definition) is 4. The molecule has 2 aromatic rings. The molecular formula is C17H19N3S. The fraction of sp³-hybridized carbons (Fsp3) is 0.294. The molecule has 0 saturated carbocycles. The molecule has 0 aromatic heterocycles. The lowest BCUT2D eigenvalue weighted by molar-refractivity contribution is 0.313. The van der Waals surface area contributed by atoms with E-state index in [1.165, 1.54) is 26.9 Å². The topological polar surface area (TPSA) is 18.5 Å². The second kappa shape index (κ2) is 5.28. The summed E-state index contributed by atoms with van der Waals surface area (Å²) in [7, 11) is 2.19. The highest BCUT2D eigenvalue weighted by molar-refractivity contribution is 7.99. The third kappa shape index (κ3) is 2.49. The van der Waals surface area contributed by atoms with E-state index >= 15 is 0 Å². The van der Waals surface area contributed by atoms with Gasteiger partial charge in [-0.25, -0.2) is 0 Å². The number of nitrogens with one attached hydrogen (secondary N) is 1. The Hall–Kier alpha value is -1.65. The van der Waals surface area contributed by atoms with Crippen LogP contribution in [0, 0.1) is 0 Å². The molecule has 0 aliphatic carbocycles. The van der Waals surface area contributed by atoms with Crippen LogP contribution in [0.25, 0.3) is 0 Å². The summed E-state index contributed by atoms with van der Waals surface area (Å²) in [6.45, 7) is 4.50. The zero-order chi connectivity index (χ0) is 14.2. The summed E-state index contributed by atoms with van der Waals surface area (Å²) in [5.74, 6) is 0. The minimum Gasteiger partial charge on any atom is -0.369 e. The zero-order valence-corrected chi connectivity index (χ0v) is 13.0. The van der Waals surface area contributed by atoms with Crippen LogP contribution >= 0.6 is 11.8 Å². The van der Waals surface area contributed by atoms with E-state index in [0.717, 1.165) is 26.2 Å². The average molecular weight is 297 g/mol. The number of hydrogen-bond donors (Lipinski definition) is 1. The highest BCUT2D eigenvalue weighted by Gasteiger charge is 2.18. The Balaban J connectivity index is 1.61. The van der Waals surface area contributed by atoms with Crippen LogP contribution in [0.5, 0.6) is 0 Å². The van der Waals surface area contributed by atoms with E-state index in [0.29, 0.717) is 0 Å². The van der Waals surface area contributed by atoms with Gasteiger partial charge in [-0.1, -0.05) is 23.9 Å². The van der Waals surface area contributed by atoms with Gasteiger partial charge in [-0.2, -0.15) is 0 Å². The molecule has 3 nitrogen and oxygen atoms in total. The van der Waals surface area contributed by atoms with Crippen LogP contribution in [0.4, 0.5) is 17.1 Å². The maximum atomic E-state index is 3.57. The van der Waals surface area contributed by atoms with Crippen LogP contribution < -0.4 is 10.2 Å². The molecule has 1 N–H and O–H groups in total. The first kappa shape index (κ1) is 13.0. The van der Waals surface area contributed by atoms with Crippen molar-refractivity contribution in [1.29, 1.82) is 0 Å². The van der Waals surface area contributed by atoms with Gasteiger partial charge in [0.05, 0.1) is 11.4 Å². The first-order chi connectivity index (χ1) is 10.3. The minimum atomic E-state index is 1.11. The molecule has 2 aromatic carbocycles. The number of para-hydroxylation sites is 1. The minimum absolute atomic E-state index is 1.11. The van der Waals surface area contributed by atoms with E-state index in [4.69, 9.17) is 0 Å². The van der Waals surface area contributed by atoms with Gasteiger partial charge >= 0.3 is 0 Å². The van der Waals surface area contributed by atoms with Gasteiger partial charge in [0, 0.05) is 41.7 Å². The number of piperazine rings is 1. The van der Waals surface area contributed by atoms with Crippen molar-refractivity contribution in [2.45, 2.75) is 9.79 Å². The van der Waals surface area contributed by atoms with Crippen LogP contribution in [0.2, 0.25) is 0 Å². The lowest BCUT2D eigenvalue weighted by atomic mass is 10.2. The average Bonchev–Trinajstić information content (AvgIpc) is 2.53. The summed E-state index contributed by atoms with van der Waals surface area (Å²) in [6, 6.07) is 15.3. The van der Waals surface area contributed by atoms with Crippen molar-refractivity contribution < 1.29 is 0 Å².